The Morgan fingerprint density at radius 3 is 2.53 bits per heavy atom. The Kier molecular flexibility index (Phi) is 4.51. The molecule has 1 saturated heterocycles. The van der Waals surface area contributed by atoms with Crippen molar-refractivity contribution in [3.63, 3.8) is 0 Å². The maximum Gasteiger partial charge on any atom is 0.119 e. The molecule has 2 heteroatoms. The van der Waals surface area contributed by atoms with Gasteiger partial charge in [-0.3, -0.25) is 0 Å². The Hall–Kier alpha value is -1.02. The minimum Gasteiger partial charge on any atom is -0.490 e. The quantitative estimate of drug-likeness (QED) is 0.891. The lowest BCUT2D eigenvalue weighted by molar-refractivity contribution is 0.112. The summed E-state index contributed by atoms with van der Waals surface area (Å²) in [6, 6.07) is 8.68. The van der Waals surface area contributed by atoms with E-state index < -0.39 is 0 Å². The number of hydrogen-bond acceptors (Lipinski definition) is 2. The van der Waals surface area contributed by atoms with Gasteiger partial charge in [0.2, 0.25) is 0 Å². The van der Waals surface area contributed by atoms with Gasteiger partial charge >= 0.3 is 0 Å². The third-order valence-corrected chi connectivity index (χ3v) is 4.51. The smallest absolute Gasteiger partial charge is 0.119 e. The van der Waals surface area contributed by atoms with Gasteiger partial charge in [-0.15, -0.1) is 0 Å². The molecule has 1 fully saturated rings. The van der Waals surface area contributed by atoms with Crippen molar-refractivity contribution in [1.82, 2.24) is 5.32 Å². The number of rotatable bonds is 4. The average molecular weight is 261 g/mol. The van der Waals surface area contributed by atoms with Crippen LogP contribution in [0.1, 0.15) is 46.1 Å². The van der Waals surface area contributed by atoms with Crippen molar-refractivity contribution in [2.75, 3.05) is 13.1 Å². The van der Waals surface area contributed by atoms with Crippen LogP contribution in [0.5, 0.6) is 5.75 Å². The molecule has 0 radical (unpaired) electrons. The van der Waals surface area contributed by atoms with Crippen molar-refractivity contribution in [2.24, 2.45) is 5.92 Å². The van der Waals surface area contributed by atoms with E-state index in [0.29, 0.717) is 12.0 Å². The maximum atomic E-state index is 6.13. The number of benzene rings is 1. The zero-order valence-corrected chi connectivity index (χ0v) is 12.7. The summed E-state index contributed by atoms with van der Waals surface area (Å²) in [7, 11) is 0. The predicted octanol–water partition coefficient (Wildman–Crippen LogP) is 3.75. The third kappa shape index (κ3) is 3.50. The molecule has 1 heterocycles. The molecule has 2 atom stereocenters. The Morgan fingerprint density at radius 1 is 1.26 bits per heavy atom. The lowest BCUT2D eigenvalue weighted by Crippen LogP contribution is -2.41. The van der Waals surface area contributed by atoms with E-state index >= 15 is 0 Å². The number of piperidine rings is 1. The van der Waals surface area contributed by atoms with E-state index in [1.807, 2.05) is 0 Å². The second-order valence-electron chi connectivity index (χ2n) is 6.39. The van der Waals surface area contributed by atoms with Crippen LogP contribution in [0.2, 0.25) is 0 Å². The molecule has 0 aliphatic carbocycles. The highest BCUT2D eigenvalue weighted by Gasteiger charge is 2.23. The molecule has 0 spiro atoms. The second-order valence-corrected chi connectivity index (χ2v) is 6.39. The topological polar surface area (TPSA) is 21.3 Å². The molecule has 1 aromatic carbocycles. The zero-order chi connectivity index (χ0) is 13.9. The van der Waals surface area contributed by atoms with Gasteiger partial charge in [0.05, 0.1) is 0 Å². The molecule has 106 valence electrons. The second kappa shape index (κ2) is 5.96. The minimum absolute atomic E-state index is 0.251. The summed E-state index contributed by atoms with van der Waals surface area (Å²) in [6.45, 7) is 11.2. The first-order valence-corrected chi connectivity index (χ1v) is 7.51. The molecule has 1 N–H and O–H groups in total. The fourth-order valence-electron chi connectivity index (χ4n) is 2.53. The van der Waals surface area contributed by atoms with E-state index in [1.165, 1.54) is 5.56 Å². The molecule has 0 saturated carbocycles. The summed E-state index contributed by atoms with van der Waals surface area (Å²) in [4.78, 5) is 0. The summed E-state index contributed by atoms with van der Waals surface area (Å²) in [5.74, 6) is 1.59. The standard InChI is InChI=1S/C17H27NO/c1-5-17(3,4)14-6-8-15(9-7-14)19-16-10-11-18-12-13(16)2/h6-9,13,16,18H,5,10-12H2,1-4H3. The number of nitrogens with one attached hydrogen (secondary N) is 1. The van der Waals surface area contributed by atoms with Gasteiger partial charge in [-0.25, -0.2) is 0 Å². The van der Waals surface area contributed by atoms with Gasteiger partial charge in [-0.05, 0) is 42.5 Å². The van der Waals surface area contributed by atoms with E-state index in [2.05, 4.69) is 57.3 Å². The lowest BCUT2D eigenvalue weighted by atomic mass is 9.82. The van der Waals surface area contributed by atoms with Crippen LogP contribution in [-0.2, 0) is 5.41 Å². The summed E-state index contributed by atoms with van der Waals surface area (Å²) < 4.78 is 6.13. The lowest BCUT2D eigenvalue weighted by Gasteiger charge is -2.30. The summed E-state index contributed by atoms with van der Waals surface area (Å²) in [5.41, 5.74) is 1.64. The molecule has 1 aliphatic rings. The Bertz CT molecular complexity index is 396. The van der Waals surface area contributed by atoms with E-state index in [0.717, 1.165) is 31.7 Å². The normalized spacial score (nSPS) is 24.2. The highest BCUT2D eigenvalue weighted by Crippen LogP contribution is 2.29. The molecule has 0 amide bonds. The van der Waals surface area contributed by atoms with E-state index in [9.17, 15) is 0 Å². The molecule has 19 heavy (non-hydrogen) atoms. The van der Waals surface area contributed by atoms with Crippen LogP contribution in [0, 0.1) is 5.92 Å². The molecule has 1 aliphatic heterocycles. The summed E-state index contributed by atoms with van der Waals surface area (Å²) in [5, 5.41) is 3.41. The van der Waals surface area contributed by atoms with Crippen LogP contribution < -0.4 is 10.1 Å². The predicted molar refractivity (Wildman–Crippen MR) is 80.8 cm³/mol. The van der Waals surface area contributed by atoms with Crippen LogP contribution in [0.15, 0.2) is 24.3 Å². The van der Waals surface area contributed by atoms with Crippen molar-refractivity contribution in [3.8, 4) is 5.75 Å². The Balaban J connectivity index is 2.02. The summed E-state index contributed by atoms with van der Waals surface area (Å²) >= 11 is 0. The fourth-order valence-corrected chi connectivity index (χ4v) is 2.53. The number of hydrogen-bond donors (Lipinski definition) is 1. The van der Waals surface area contributed by atoms with Crippen LogP contribution in [0.3, 0.4) is 0 Å². The first-order chi connectivity index (χ1) is 9.03. The van der Waals surface area contributed by atoms with Gasteiger partial charge < -0.3 is 10.1 Å². The Morgan fingerprint density at radius 2 is 1.95 bits per heavy atom. The van der Waals surface area contributed by atoms with Crippen molar-refractivity contribution < 1.29 is 4.74 Å². The van der Waals surface area contributed by atoms with Gasteiger partial charge in [0.1, 0.15) is 11.9 Å². The van der Waals surface area contributed by atoms with Crippen molar-refractivity contribution >= 4 is 0 Å². The SMILES string of the molecule is CCC(C)(C)c1ccc(OC2CCNCC2C)cc1. The highest BCUT2D eigenvalue weighted by atomic mass is 16.5. The van der Waals surface area contributed by atoms with Crippen LogP contribution in [-0.4, -0.2) is 19.2 Å². The van der Waals surface area contributed by atoms with Gasteiger partial charge in [-0.1, -0.05) is 39.8 Å². The van der Waals surface area contributed by atoms with Crippen molar-refractivity contribution in [1.29, 1.82) is 0 Å². The molecular formula is C17H27NO. The molecule has 0 bridgehead atoms. The van der Waals surface area contributed by atoms with Gasteiger partial charge in [0.25, 0.3) is 0 Å². The summed E-state index contributed by atoms with van der Waals surface area (Å²) in [6.07, 6.45) is 2.60. The third-order valence-electron chi connectivity index (χ3n) is 4.51. The molecule has 2 nitrogen and oxygen atoms in total. The first-order valence-electron chi connectivity index (χ1n) is 7.51. The van der Waals surface area contributed by atoms with Gasteiger partial charge in [0, 0.05) is 12.5 Å². The number of ether oxygens (including phenoxy) is 1. The largest absolute Gasteiger partial charge is 0.490 e. The van der Waals surface area contributed by atoms with E-state index in [4.69, 9.17) is 4.74 Å². The zero-order valence-electron chi connectivity index (χ0n) is 12.7. The minimum atomic E-state index is 0.251. The average Bonchev–Trinajstić information content (AvgIpc) is 2.42. The molecule has 2 rings (SSSR count). The molecule has 2 unspecified atom stereocenters. The molecular weight excluding hydrogens is 234 g/mol. The van der Waals surface area contributed by atoms with Crippen LogP contribution >= 0.6 is 0 Å². The van der Waals surface area contributed by atoms with Crippen molar-refractivity contribution in [3.05, 3.63) is 29.8 Å². The Labute approximate surface area is 117 Å². The molecule has 1 aromatic rings. The maximum absolute atomic E-state index is 6.13. The van der Waals surface area contributed by atoms with E-state index in [-0.39, 0.29) is 5.41 Å². The molecule has 0 aromatic heterocycles. The fraction of sp³-hybridized carbons (Fsp3) is 0.647. The van der Waals surface area contributed by atoms with Crippen LogP contribution in [0.25, 0.3) is 0 Å². The van der Waals surface area contributed by atoms with Gasteiger partial charge in [0.15, 0.2) is 0 Å². The highest BCUT2D eigenvalue weighted by molar-refractivity contribution is 5.31. The van der Waals surface area contributed by atoms with Crippen LogP contribution in [0.4, 0.5) is 0 Å². The van der Waals surface area contributed by atoms with E-state index in [1.54, 1.807) is 0 Å². The first kappa shape index (κ1) is 14.4. The van der Waals surface area contributed by atoms with Crippen molar-refractivity contribution in [2.45, 2.75) is 52.1 Å². The van der Waals surface area contributed by atoms with Gasteiger partial charge in [-0.2, -0.15) is 0 Å². The monoisotopic (exact) mass is 261 g/mol.